The van der Waals surface area contributed by atoms with Gasteiger partial charge in [0.2, 0.25) is 5.88 Å². The molecule has 0 saturated carbocycles. The summed E-state index contributed by atoms with van der Waals surface area (Å²) in [4.78, 5) is 12.3. The van der Waals surface area contributed by atoms with Crippen molar-refractivity contribution in [1.82, 2.24) is 24.9 Å². The number of carbonyl (C=O) groups excluding carboxylic acids is 1. The van der Waals surface area contributed by atoms with Crippen LogP contribution in [0, 0.1) is 6.92 Å². The number of aryl methyl sites for hydroxylation is 3. The van der Waals surface area contributed by atoms with Crippen LogP contribution in [0.1, 0.15) is 18.2 Å². The molecule has 7 heteroatoms. The Labute approximate surface area is 140 Å². The number of amides is 1. The lowest BCUT2D eigenvalue weighted by atomic mass is 10.2. The van der Waals surface area contributed by atoms with Crippen molar-refractivity contribution in [3.05, 3.63) is 41.7 Å². The molecule has 1 amide bonds. The van der Waals surface area contributed by atoms with E-state index in [9.17, 15) is 4.79 Å². The molecule has 0 aliphatic heterocycles. The summed E-state index contributed by atoms with van der Waals surface area (Å²) in [7, 11) is 3.71. The second-order valence-corrected chi connectivity index (χ2v) is 5.84. The Morgan fingerprint density at radius 3 is 2.75 bits per heavy atom. The number of aromatic nitrogens is 4. The Bertz CT molecular complexity index is 880. The van der Waals surface area contributed by atoms with Crippen LogP contribution in [0.2, 0.25) is 0 Å². The van der Waals surface area contributed by atoms with E-state index in [4.69, 9.17) is 4.74 Å². The van der Waals surface area contributed by atoms with Crippen LogP contribution in [0.15, 0.2) is 30.5 Å². The van der Waals surface area contributed by atoms with Crippen LogP contribution in [0.4, 0.5) is 0 Å². The Morgan fingerprint density at radius 2 is 2.04 bits per heavy atom. The highest BCUT2D eigenvalue weighted by Crippen LogP contribution is 2.24. The maximum Gasteiger partial charge on any atom is 0.261 e. The molecule has 0 unspecified atom stereocenters. The average molecular weight is 327 g/mol. The number of carbonyl (C=O) groups is 1. The summed E-state index contributed by atoms with van der Waals surface area (Å²) in [6.07, 6.45) is 1.26. The van der Waals surface area contributed by atoms with Crippen LogP contribution in [0.25, 0.3) is 10.9 Å². The first-order chi connectivity index (χ1) is 11.5. The third-order valence-electron chi connectivity index (χ3n) is 3.95. The fourth-order valence-corrected chi connectivity index (χ4v) is 2.64. The van der Waals surface area contributed by atoms with E-state index in [0.29, 0.717) is 12.4 Å². The van der Waals surface area contributed by atoms with Gasteiger partial charge < -0.3 is 10.1 Å². The highest BCUT2D eigenvalue weighted by atomic mass is 16.5. The molecule has 24 heavy (non-hydrogen) atoms. The van der Waals surface area contributed by atoms with E-state index in [1.54, 1.807) is 16.3 Å². The second-order valence-electron chi connectivity index (χ2n) is 5.84. The average Bonchev–Trinajstić information content (AvgIpc) is 3.04. The van der Waals surface area contributed by atoms with E-state index in [1.165, 1.54) is 0 Å². The molecule has 2 heterocycles. The summed E-state index contributed by atoms with van der Waals surface area (Å²) < 4.78 is 9.25. The smallest absolute Gasteiger partial charge is 0.261 e. The SMILES string of the molecule is Cc1nn(C)cc1CNC(=O)[C@H](C)Oc1nn(C)c2ccccc12. The van der Waals surface area contributed by atoms with Crippen LogP contribution in [-0.2, 0) is 25.4 Å². The van der Waals surface area contributed by atoms with Gasteiger partial charge >= 0.3 is 0 Å². The predicted molar refractivity (Wildman–Crippen MR) is 90.6 cm³/mol. The topological polar surface area (TPSA) is 74.0 Å². The van der Waals surface area contributed by atoms with Gasteiger partial charge in [-0.3, -0.25) is 14.2 Å². The van der Waals surface area contributed by atoms with Crippen LogP contribution < -0.4 is 10.1 Å². The molecule has 7 nitrogen and oxygen atoms in total. The number of nitrogens with zero attached hydrogens (tertiary/aromatic N) is 4. The molecule has 126 valence electrons. The Morgan fingerprint density at radius 1 is 1.29 bits per heavy atom. The largest absolute Gasteiger partial charge is 0.463 e. The maximum absolute atomic E-state index is 12.3. The van der Waals surface area contributed by atoms with Gasteiger partial charge in [-0.2, -0.15) is 5.10 Å². The summed E-state index contributed by atoms with van der Waals surface area (Å²) in [6.45, 7) is 4.06. The molecule has 1 atom stereocenters. The van der Waals surface area contributed by atoms with E-state index < -0.39 is 6.10 Å². The molecule has 1 N–H and O–H groups in total. The van der Waals surface area contributed by atoms with Crippen LogP contribution in [0.5, 0.6) is 5.88 Å². The van der Waals surface area contributed by atoms with Crippen molar-refractivity contribution < 1.29 is 9.53 Å². The predicted octanol–water partition coefficient (Wildman–Crippen LogP) is 1.70. The van der Waals surface area contributed by atoms with Gasteiger partial charge in [0, 0.05) is 32.4 Å². The molecular weight excluding hydrogens is 306 g/mol. The molecular formula is C17H21N5O2. The Kier molecular flexibility index (Phi) is 4.24. The monoisotopic (exact) mass is 327 g/mol. The van der Waals surface area contributed by atoms with Gasteiger partial charge in [-0.25, -0.2) is 0 Å². The van der Waals surface area contributed by atoms with Gasteiger partial charge in [-0.05, 0) is 26.0 Å². The summed E-state index contributed by atoms with van der Waals surface area (Å²) in [5.41, 5.74) is 2.86. The minimum Gasteiger partial charge on any atom is -0.463 e. The number of benzene rings is 1. The second kappa shape index (κ2) is 6.35. The number of hydrogen-bond donors (Lipinski definition) is 1. The molecule has 0 saturated heterocycles. The first-order valence-electron chi connectivity index (χ1n) is 7.81. The third kappa shape index (κ3) is 3.10. The summed E-state index contributed by atoms with van der Waals surface area (Å²) in [5, 5.41) is 12.4. The normalized spacial score (nSPS) is 12.3. The van der Waals surface area contributed by atoms with E-state index in [1.807, 2.05) is 51.5 Å². The molecule has 1 aromatic carbocycles. The van der Waals surface area contributed by atoms with E-state index >= 15 is 0 Å². The number of ether oxygens (including phenoxy) is 1. The zero-order valence-electron chi connectivity index (χ0n) is 14.3. The quantitative estimate of drug-likeness (QED) is 0.774. The van der Waals surface area contributed by atoms with Crippen LogP contribution in [-0.4, -0.2) is 31.6 Å². The molecule has 0 radical (unpaired) electrons. The third-order valence-corrected chi connectivity index (χ3v) is 3.95. The van der Waals surface area contributed by atoms with E-state index in [0.717, 1.165) is 22.2 Å². The maximum atomic E-state index is 12.3. The molecule has 0 aliphatic carbocycles. The Hall–Kier alpha value is -2.83. The molecule has 0 fully saturated rings. The molecule has 2 aromatic heterocycles. The molecule has 0 bridgehead atoms. The first-order valence-corrected chi connectivity index (χ1v) is 7.81. The highest BCUT2D eigenvalue weighted by molar-refractivity contribution is 5.85. The standard InChI is InChI=1S/C17H21N5O2/c1-11-13(10-21(3)19-11)9-18-16(23)12(2)24-17-14-7-5-6-8-15(14)22(4)20-17/h5-8,10,12H,9H2,1-4H3,(H,18,23)/t12-/m0/s1. The number of rotatable bonds is 5. The van der Waals surface area contributed by atoms with Gasteiger partial charge in [0.25, 0.3) is 5.91 Å². The first kappa shape index (κ1) is 16.0. The summed E-state index contributed by atoms with van der Waals surface area (Å²) in [5.74, 6) is 0.279. The number of hydrogen-bond acceptors (Lipinski definition) is 4. The number of nitrogens with one attached hydrogen (secondary N) is 1. The van der Waals surface area contributed by atoms with Gasteiger partial charge in [-0.15, -0.1) is 5.10 Å². The molecule has 3 aromatic rings. The summed E-state index contributed by atoms with van der Waals surface area (Å²) in [6, 6.07) is 7.76. The van der Waals surface area contributed by atoms with Crippen molar-refractivity contribution in [2.75, 3.05) is 0 Å². The lowest BCUT2D eigenvalue weighted by Gasteiger charge is -2.13. The van der Waals surface area contributed by atoms with Crippen molar-refractivity contribution in [2.24, 2.45) is 14.1 Å². The number of para-hydroxylation sites is 1. The lowest BCUT2D eigenvalue weighted by Crippen LogP contribution is -2.36. The number of fused-ring (bicyclic) bond motifs is 1. The molecule has 0 aliphatic rings. The summed E-state index contributed by atoms with van der Waals surface area (Å²) >= 11 is 0. The molecule has 0 spiro atoms. The van der Waals surface area contributed by atoms with Gasteiger partial charge in [-0.1, -0.05) is 12.1 Å². The van der Waals surface area contributed by atoms with Gasteiger partial charge in [0.05, 0.1) is 16.6 Å². The minimum atomic E-state index is -0.639. The lowest BCUT2D eigenvalue weighted by molar-refractivity contribution is -0.127. The van der Waals surface area contributed by atoms with Crippen LogP contribution >= 0.6 is 0 Å². The molecule has 3 rings (SSSR count). The van der Waals surface area contributed by atoms with E-state index in [2.05, 4.69) is 15.5 Å². The van der Waals surface area contributed by atoms with Gasteiger partial charge in [0.15, 0.2) is 6.10 Å². The fraction of sp³-hybridized carbons (Fsp3) is 0.353. The minimum absolute atomic E-state index is 0.187. The fourth-order valence-electron chi connectivity index (χ4n) is 2.64. The zero-order chi connectivity index (χ0) is 17.3. The zero-order valence-corrected chi connectivity index (χ0v) is 14.3. The van der Waals surface area contributed by atoms with Gasteiger partial charge in [0.1, 0.15) is 0 Å². The van der Waals surface area contributed by atoms with E-state index in [-0.39, 0.29) is 5.91 Å². The van der Waals surface area contributed by atoms with Crippen LogP contribution in [0.3, 0.4) is 0 Å². The van der Waals surface area contributed by atoms with Crippen molar-refractivity contribution in [2.45, 2.75) is 26.5 Å². The Balaban J connectivity index is 1.66. The highest BCUT2D eigenvalue weighted by Gasteiger charge is 2.18. The van der Waals surface area contributed by atoms with Crippen molar-refractivity contribution in [1.29, 1.82) is 0 Å². The van der Waals surface area contributed by atoms with Crippen molar-refractivity contribution in [3.8, 4) is 5.88 Å². The van der Waals surface area contributed by atoms with Crippen molar-refractivity contribution >= 4 is 16.8 Å². The van der Waals surface area contributed by atoms with Crippen molar-refractivity contribution in [3.63, 3.8) is 0 Å².